The Morgan fingerprint density at radius 2 is 1.92 bits per heavy atom. The fourth-order valence-electron chi connectivity index (χ4n) is 4.62. The number of amides is 1. The topological polar surface area (TPSA) is 85.6 Å². The summed E-state index contributed by atoms with van der Waals surface area (Å²) in [5.74, 6) is 0.633. The van der Waals surface area contributed by atoms with Crippen molar-refractivity contribution in [2.24, 2.45) is 5.10 Å². The van der Waals surface area contributed by atoms with Crippen LogP contribution in [0.15, 0.2) is 69.6 Å². The second kappa shape index (κ2) is 13.1. The van der Waals surface area contributed by atoms with Crippen molar-refractivity contribution < 1.29 is 9.53 Å². The average molecular weight is 561 g/mol. The molecule has 0 radical (unpaired) electrons. The number of hydrogen-bond donors (Lipinski definition) is 1. The quantitative estimate of drug-likeness (QED) is 0.0783. The van der Waals surface area contributed by atoms with E-state index < -0.39 is 0 Å². The molecule has 1 N–H and O–H groups in total. The van der Waals surface area contributed by atoms with Crippen LogP contribution in [-0.4, -0.2) is 34.0 Å². The molecular weight excluding hydrogens is 528 g/mol. The van der Waals surface area contributed by atoms with Gasteiger partial charge in [-0.1, -0.05) is 49.7 Å². The highest BCUT2D eigenvalue weighted by molar-refractivity contribution is 7.99. The number of unbranched alkanes of at least 4 members (excludes halogenated alkanes) is 2. The van der Waals surface area contributed by atoms with Gasteiger partial charge >= 0.3 is 0 Å². The highest BCUT2D eigenvalue weighted by atomic mass is 32.2. The van der Waals surface area contributed by atoms with Crippen LogP contribution in [0.2, 0.25) is 0 Å². The molecular formula is C30H32N4O3S2. The van der Waals surface area contributed by atoms with E-state index in [4.69, 9.17) is 9.72 Å². The van der Waals surface area contributed by atoms with Crippen molar-refractivity contribution in [3.05, 3.63) is 81.0 Å². The molecule has 202 valence electrons. The van der Waals surface area contributed by atoms with Crippen molar-refractivity contribution in [3.8, 4) is 11.4 Å². The Kier molecular flexibility index (Phi) is 9.11. The number of rotatable bonds is 11. The van der Waals surface area contributed by atoms with E-state index >= 15 is 0 Å². The largest absolute Gasteiger partial charge is 0.494 e. The van der Waals surface area contributed by atoms with Crippen LogP contribution in [0.5, 0.6) is 5.75 Å². The van der Waals surface area contributed by atoms with Gasteiger partial charge in [-0.15, -0.1) is 11.3 Å². The van der Waals surface area contributed by atoms with Crippen LogP contribution >= 0.6 is 23.1 Å². The molecule has 9 heteroatoms. The summed E-state index contributed by atoms with van der Waals surface area (Å²) in [5.41, 5.74) is 5.27. The zero-order valence-corrected chi connectivity index (χ0v) is 23.7. The third kappa shape index (κ3) is 6.59. The maximum absolute atomic E-state index is 13.8. The van der Waals surface area contributed by atoms with Crippen LogP contribution in [0, 0.1) is 0 Å². The molecule has 5 rings (SSSR count). The lowest BCUT2D eigenvalue weighted by molar-refractivity contribution is -0.118. The van der Waals surface area contributed by atoms with Crippen molar-refractivity contribution in [1.29, 1.82) is 0 Å². The Bertz CT molecular complexity index is 1510. The van der Waals surface area contributed by atoms with Gasteiger partial charge in [-0.2, -0.15) is 5.10 Å². The van der Waals surface area contributed by atoms with Gasteiger partial charge in [0.15, 0.2) is 5.16 Å². The molecule has 4 aromatic rings. The summed E-state index contributed by atoms with van der Waals surface area (Å²) < 4.78 is 7.37. The second-order valence-corrected chi connectivity index (χ2v) is 11.5. The summed E-state index contributed by atoms with van der Waals surface area (Å²) in [4.78, 5) is 33.3. The average Bonchev–Trinajstić information content (AvgIpc) is 3.34. The number of carbonyl (C=O) groups is 1. The van der Waals surface area contributed by atoms with Crippen LogP contribution in [0.4, 0.5) is 0 Å². The summed E-state index contributed by atoms with van der Waals surface area (Å²) in [6, 6.07) is 17.1. The van der Waals surface area contributed by atoms with E-state index in [1.807, 2.05) is 54.6 Å². The van der Waals surface area contributed by atoms with Gasteiger partial charge in [0.2, 0.25) is 0 Å². The third-order valence-electron chi connectivity index (χ3n) is 6.60. The molecule has 39 heavy (non-hydrogen) atoms. The Labute approximate surface area is 236 Å². The first-order valence-corrected chi connectivity index (χ1v) is 15.2. The van der Waals surface area contributed by atoms with Crippen LogP contribution in [0.1, 0.15) is 55.0 Å². The molecule has 1 aliphatic rings. The number of hydrogen-bond acceptors (Lipinski definition) is 7. The predicted molar refractivity (Wildman–Crippen MR) is 160 cm³/mol. The smallest absolute Gasteiger partial charge is 0.267 e. The monoisotopic (exact) mass is 560 g/mol. The van der Waals surface area contributed by atoms with Gasteiger partial charge < -0.3 is 4.74 Å². The molecule has 0 atom stereocenters. The van der Waals surface area contributed by atoms with E-state index in [-0.39, 0.29) is 17.2 Å². The summed E-state index contributed by atoms with van der Waals surface area (Å²) in [6.45, 7) is 2.88. The molecule has 0 bridgehead atoms. The van der Waals surface area contributed by atoms with Crippen molar-refractivity contribution in [3.63, 3.8) is 0 Å². The number of para-hydroxylation sites is 1. The minimum Gasteiger partial charge on any atom is -0.494 e. The standard InChI is InChI=1S/C30H32N4O3S2/c1-2-3-9-18-37-23-16-14-21(15-17-23)19-31-33-26(35)20-38-30-32-28-27(24-12-7-8-13-25(24)39-28)29(36)34(30)22-10-5-4-6-11-22/h4-6,10-11,14-17,19H,2-3,7-9,12-13,18,20H2,1H3,(H,33,35)/b31-19-. The van der Waals surface area contributed by atoms with Gasteiger partial charge in [-0.3, -0.25) is 14.2 Å². The Morgan fingerprint density at radius 3 is 2.72 bits per heavy atom. The van der Waals surface area contributed by atoms with E-state index in [0.717, 1.165) is 77.7 Å². The van der Waals surface area contributed by atoms with Crippen molar-refractivity contribution in [2.75, 3.05) is 12.4 Å². The van der Waals surface area contributed by atoms with Gasteiger partial charge in [0, 0.05) is 4.88 Å². The highest BCUT2D eigenvalue weighted by Gasteiger charge is 2.23. The molecule has 2 heterocycles. The third-order valence-corrected chi connectivity index (χ3v) is 8.73. The first kappa shape index (κ1) is 27.1. The molecule has 0 aliphatic heterocycles. The number of aryl methyl sites for hydroxylation is 2. The lowest BCUT2D eigenvalue weighted by Crippen LogP contribution is -2.24. The number of ether oxygens (including phenoxy) is 1. The molecule has 1 aliphatic carbocycles. The van der Waals surface area contributed by atoms with Gasteiger partial charge in [-0.25, -0.2) is 10.4 Å². The molecule has 0 spiro atoms. The van der Waals surface area contributed by atoms with Crippen LogP contribution in [0.3, 0.4) is 0 Å². The van der Waals surface area contributed by atoms with Crippen LogP contribution in [0.25, 0.3) is 15.9 Å². The van der Waals surface area contributed by atoms with Gasteiger partial charge in [-0.05, 0) is 79.6 Å². The van der Waals surface area contributed by atoms with Crippen molar-refractivity contribution in [1.82, 2.24) is 15.0 Å². The molecule has 0 saturated carbocycles. The normalized spacial score (nSPS) is 13.1. The lowest BCUT2D eigenvalue weighted by atomic mass is 9.97. The van der Waals surface area contributed by atoms with Gasteiger partial charge in [0.05, 0.1) is 29.6 Å². The number of fused-ring (bicyclic) bond motifs is 3. The maximum Gasteiger partial charge on any atom is 0.267 e. The number of nitrogens with one attached hydrogen (secondary N) is 1. The SMILES string of the molecule is CCCCCOc1ccc(/C=N\NC(=O)CSc2nc3sc4c(c3c(=O)n2-c2ccccc2)CCCC4)cc1. The number of carbonyl (C=O) groups excluding carboxylic acids is 1. The number of hydrazone groups is 1. The molecule has 2 aromatic heterocycles. The first-order valence-electron chi connectivity index (χ1n) is 13.4. The fraction of sp³-hybridized carbons (Fsp3) is 0.333. The highest BCUT2D eigenvalue weighted by Crippen LogP contribution is 2.35. The number of aromatic nitrogens is 2. The number of nitrogens with zero attached hydrogens (tertiary/aromatic N) is 3. The number of thiophene rings is 1. The minimum atomic E-state index is -0.272. The fourth-order valence-corrected chi connectivity index (χ4v) is 6.73. The summed E-state index contributed by atoms with van der Waals surface area (Å²) in [6.07, 6.45) is 9.13. The lowest BCUT2D eigenvalue weighted by Gasteiger charge is -2.13. The minimum absolute atomic E-state index is 0.0654. The van der Waals surface area contributed by atoms with E-state index in [9.17, 15) is 9.59 Å². The van der Waals surface area contributed by atoms with E-state index in [0.29, 0.717) is 11.8 Å². The molecule has 0 unspecified atom stereocenters. The van der Waals surface area contributed by atoms with E-state index in [1.165, 1.54) is 16.6 Å². The van der Waals surface area contributed by atoms with Crippen LogP contribution < -0.4 is 15.7 Å². The maximum atomic E-state index is 13.8. The summed E-state index contributed by atoms with van der Waals surface area (Å²) in [7, 11) is 0. The van der Waals surface area contributed by atoms with Crippen molar-refractivity contribution >= 4 is 45.4 Å². The molecule has 1 amide bonds. The first-order chi connectivity index (χ1) is 19.1. The molecule has 0 fully saturated rings. The Hall–Kier alpha value is -3.43. The molecule has 2 aromatic carbocycles. The second-order valence-electron chi connectivity index (χ2n) is 9.47. The zero-order chi connectivity index (χ0) is 27.0. The van der Waals surface area contributed by atoms with E-state index in [2.05, 4.69) is 17.5 Å². The summed E-state index contributed by atoms with van der Waals surface area (Å²) >= 11 is 2.85. The van der Waals surface area contributed by atoms with Crippen LogP contribution in [-0.2, 0) is 17.6 Å². The van der Waals surface area contributed by atoms with E-state index in [1.54, 1.807) is 22.1 Å². The van der Waals surface area contributed by atoms with Crippen molar-refractivity contribution in [2.45, 2.75) is 57.0 Å². The Morgan fingerprint density at radius 1 is 1.13 bits per heavy atom. The molecule has 0 saturated heterocycles. The Balaban J connectivity index is 1.26. The van der Waals surface area contributed by atoms with Gasteiger partial charge in [0.25, 0.3) is 11.5 Å². The zero-order valence-electron chi connectivity index (χ0n) is 22.0. The summed E-state index contributed by atoms with van der Waals surface area (Å²) in [5, 5.41) is 5.33. The number of benzene rings is 2. The number of thioether (sulfide) groups is 1. The molecule has 7 nitrogen and oxygen atoms in total. The predicted octanol–water partition coefficient (Wildman–Crippen LogP) is 6.14. The van der Waals surface area contributed by atoms with Gasteiger partial charge in [0.1, 0.15) is 10.6 Å².